The molecule has 0 saturated carbocycles. The second-order valence-electron chi connectivity index (χ2n) is 9.21. The van der Waals surface area contributed by atoms with Crippen LogP contribution in [-0.4, -0.2) is 65.7 Å². The molecule has 3 atom stereocenters. The predicted molar refractivity (Wildman–Crippen MR) is 149 cm³/mol. The Morgan fingerprint density at radius 3 is 2.00 bits per heavy atom. The number of benzene rings is 2. The van der Waals surface area contributed by atoms with Gasteiger partial charge in [-0.1, -0.05) is 13.0 Å². The van der Waals surface area contributed by atoms with Gasteiger partial charge in [0.15, 0.2) is 29.1 Å². The Kier molecular flexibility index (Phi) is 11.9. The third-order valence-corrected chi connectivity index (χ3v) is 7.09. The van der Waals surface area contributed by atoms with Crippen LogP contribution in [0.5, 0.6) is 34.5 Å². The molecule has 2 aromatic carbocycles. The van der Waals surface area contributed by atoms with E-state index in [1.165, 1.54) is 49.6 Å². The molecule has 0 fully saturated rings. The lowest BCUT2D eigenvalue weighted by atomic mass is 9.74. The molecule has 0 aliphatic carbocycles. The van der Waals surface area contributed by atoms with E-state index >= 15 is 0 Å². The van der Waals surface area contributed by atoms with Gasteiger partial charge < -0.3 is 33.2 Å². The van der Waals surface area contributed by atoms with Crippen molar-refractivity contribution < 1.29 is 42.9 Å². The third kappa shape index (κ3) is 7.22. The minimum atomic E-state index is -1.30. The van der Waals surface area contributed by atoms with E-state index in [1.807, 2.05) is 6.92 Å². The van der Waals surface area contributed by atoms with Crippen molar-refractivity contribution >= 4 is 5.97 Å². The molecule has 0 amide bonds. The van der Waals surface area contributed by atoms with Crippen LogP contribution in [0, 0.1) is 21.4 Å². The van der Waals surface area contributed by atoms with Gasteiger partial charge in [0.2, 0.25) is 11.5 Å². The number of nitrogens with zero attached hydrogens (tertiary/aromatic N) is 2. The van der Waals surface area contributed by atoms with E-state index in [4.69, 9.17) is 33.2 Å². The summed E-state index contributed by atoms with van der Waals surface area (Å²) in [7, 11) is 8.76. The molecule has 0 saturated heterocycles. The molecule has 0 aliphatic rings. The number of methoxy groups -OCH3 is 6. The zero-order valence-corrected chi connectivity index (χ0v) is 24.8. The van der Waals surface area contributed by atoms with Crippen molar-refractivity contribution in [3.05, 3.63) is 45.5 Å². The number of nitriles is 1. The summed E-state index contributed by atoms with van der Waals surface area (Å²) in [6, 6.07) is 7.71. The van der Waals surface area contributed by atoms with E-state index in [2.05, 4.69) is 6.07 Å². The molecule has 0 bridgehead atoms. The fourth-order valence-electron chi connectivity index (χ4n) is 4.91. The van der Waals surface area contributed by atoms with Crippen LogP contribution in [0.3, 0.4) is 0 Å². The summed E-state index contributed by atoms with van der Waals surface area (Å²) in [5.41, 5.74) is -0.158. The normalized spacial score (nSPS) is 13.5. The Labute approximate surface area is 240 Å². The van der Waals surface area contributed by atoms with Crippen molar-refractivity contribution in [1.82, 2.24) is 0 Å². The van der Waals surface area contributed by atoms with Gasteiger partial charge in [0.05, 0.1) is 54.1 Å². The van der Waals surface area contributed by atoms with E-state index in [1.54, 1.807) is 24.3 Å². The second kappa shape index (κ2) is 14.8. The van der Waals surface area contributed by atoms with Gasteiger partial charge in [-0.3, -0.25) is 14.9 Å². The Morgan fingerprint density at radius 2 is 1.54 bits per heavy atom. The number of nitro groups is 1. The SMILES string of the molecule is CCC(C#N)(CCC(OC(C)=O)C(Cc1ccc(OC)c(OC)c1)[N+](=O)[O-])c1cc(OC)c(OC)c(OC)c1OC. The van der Waals surface area contributed by atoms with Crippen molar-refractivity contribution in [1.29, 1.82) is 5.26 Å². The lowest BCUT2D eigenvalue weighted by Crippen LogP contribution is -2.40. The van der Waals surface area contributed by atoms with Crippen molar-refractivity contribution in [2.75, 3.05) is 42.7 Å². The number of rotatable bonds is 16. The topological polar surface area (TPSA) is 149 Å². The number of carbonyl (C=O) groups excluding carboxylic acids is 1. The van der Waals surface area contributed by atoms with Gasteiger partial charge in [0.1, 0.15) is 0 Å². The lowest BCUT2D eigenvalue weighted by molar-refractivity contribution is -0.533. The van der Waals surface area contributed by atoms with E-state index in [0.717, 1.165) is 0 Å². The molecule has 12 nitrogen and oxygen atoms in total. The van der Waals surface area contributed by atoms with Gasteiger partial charge in [-0.2, -0.15) is 5.26 Å². The van der Waals surface area contributed by atoms with Crippen LogP contribution < -0.4 is 28.4 Å². The summed E-state index contributed by atoms with van der Waals surface area (Å²) in [5, 5.41) is 22.8. The number of esters is 1. The molecule has 0 aromatic heterocycles. The first-order valence-corrected chi connectivity index (χ1v) is 12.9. The zero-order chi connectivity index (χ0) is 30.7. The molecule has 0 heterocycles. The van der Waals surface area contributed by atoms with Crippen molar-refractivity contribution in [2.45, 2.75) is 57.1 Å². The van der Waals surface area contributed by atoms with Crippen molar-refractivity contribution in [3.8, 4) is 40.6 Å². The summed E-state index contributed by atoms with van der Waals surface area (Å²) in [6.45, 7) is 3.02. The highest BCUT2D eigenvalue weighted by molar-refractivity contribution is 5.66. The molecule has 2 rings (SSSR count). The van der Waals surface area contributed by atoms with E-state index in [-0.39, 0.29) is 30.8 Å². The fraction of sp³-hybridized carbons (Fsp3) is 0.517. The fourth-order valence-corrected chi connectivity index (χ4v) is 4.91. The number of carbonyl (C=O) groups is 1. The Balaban J connectivity index is 2.56. The number of ether oxygens (including phenoxy) is 7. The maximum Gasteiger partial charge on any atom is 0.303 e. The summed E-state index contributed by atoms with van der Waals surface area (Å²) >= 11 is 0. The van der Waals surface area contributed by atoms with Crippen LogP contribution >= 0.6 is 0 Å². The number of hydrogen-bond acceptors (Lipinski definition) is 11. The average Bonchev–Trinajstić information content (AvgIpc) is 2.98. The van der Waals surface area contributed by atoms with Gasteiger partial charge in [0, 0.05) is 23.8 Å². The van der Waals surface area contributed by atoms with E-state index < -0.39 is 28.5 Å². The van der Waals surface area contributed by atoms with E-state index in [0.29, 0.717) is 40.5 Å². The van der Waals surface area contributed by atoms with Gasteiger partial charge in [-0.25, -0.2) is 0 Å². The van der Waals surface area contributed by atoms with Crippen LogP contribution in [0.1, 0.15) is 44.2 Å². The largest absolute Gasteiger partial charge is 0.493 e. The van der Waals surface area contributed by atoms with Crippen LogP contribution in [0.2, 0.25) is 0 Å². The maximum atomic E-state index is 12.3. The zero-order valence-electron chi connectivity index (χ0n) is 24.8. The molecule has 41 heavy (non-hydrogen) atoms. The first kappa shape index (κ1) is 32.8. The second-order valence-corrected chi connectivity index (χ2v) is 9.21. The standard InChI is InChI=1S/C29H38N2O10/c1-9-29(17-30,20-16-25(37-5)27(39-7)28(40-8)26(20)38-6)13-12-22(41-18(2)32)21(31(33)34)14-19-10-11-23(35-3)24(15-19)36-4/h10-11,15-16,21-22H,9,12-14H2,1-8H3. The quantitative estimate of drug-likeness (QED) is 0.158. The molecule has 12 heteroatoms. The van der Waals surface area contributed by atoms with Gasteiger partial charge in [-0.15, -0.1) is 0 Å². The molecular formula is C29H38N2O10. The van der Waals surface area contributed by atoms with Crippen LogP contribution in [0.25, 0.3) is 0 Å². The van der Waals surface area contributed by atoms with Gasteiger partial charge >= 0.3 is 5.97 Å². The minimum Gasteiger partial charge on any atom is -0.493 e. The average molecular weight is 575 g/mol. The van der Waals surface area contributed by atoms with Crippen LogP contribution in [-0.2, 0) is 21.4 Å². The summed E-state index contributed by atoms with van der Waals surface area (Å²) < 4.78 is 38.3. The smallest absolute Gasteiger partial charge is 0.303 e. The molecular weight excluding hydrogens is 536 g/mol. The van der Waals surface area contributed by atoms with E-state index in [9.17, 15) is 20.2 Å². The Hall–Kier alpha value is -4.40. The van der Waals surface area contributed by atoms with Crippen LogP contribution in [0.4, 0.5) is 0 Å². The lowest BCUT2D eigenvalue weighted by Gasteiger charge is -2.31. The molecule has 0 N–H and O–H groups in total. The van der Waals surface area contributed by atoms with Crippen molar-refractivity contribution in [2.24, 2.45) is 0 Å². The molecule has 0 radical (unpaired) electrons. The summed E-state index contributed by atoms with van der Waals surface area (Å²) in [6.07, 6.45) is -0.764. The van der Waals surface area contributed by atoms with Crippen molar-refractivity contribution in [3.63, 3.8) is 0 Å². The predicted octanol–water partition coefficient (Wildman–Crippen LogP) is 4.51. The Bertz CT molecular complexity index is 1260. The third-order valence-electron chi connectivity index (χ3n) is 7.09. The Morgan fingerprint density at radius 1 is 0.927 bits per heavy atom. The highest BCUT2D eigenvalue weighted by atomic mass is 16.6. The van der Waals surface area contributed by atoms with Gasteiger partial charge in [0.25, 0.3) is 6.04 Å². The molecule has 0 aliphatic heterocycles. The van der Waals surface area contributed by atoms with Gasteiger partial charge in [-0.05, 0) is 43.0 Å². The maximum absolute atomic E-state index is 12.3. The number of hydrogen-bond donors (Lipinski definition) is 0. The monoisotopic (exact) mass is 574 g/mol. The molecule has 2 aromatic rings. The highest BCUT2D eigenvalue weighted by Gasteiger charge is 2.41. The summed E-state index contributed by atoms with van der Waals surface area (Å²) in [4.78, 5) is 23.9. The van der Waals surface area contributed by atoms with Crippen LogP contribution in [0.15, 0.2) is 24.3 Å². The minimum absolute atomic E-state index is 0.0136. The first-order chi connectivity index (χ1) is 19.6. The molecule has 3 unspecified atom stereocenters. The molecule has 0 spiro atoms. The summed E-state index contributed by atoms with van der Waals surface area (Å²) in [5.74, 6) is 1.35. The molecule has 224 valence electrons. The first-order valence-electron chi connectivity index (χ1n) is 12.9. The highest BCUT2D eigenvalue weighted by Crippen LogP contribution is 2.51.